The molecule has 1 unspecified atom stereocenters. The third-order valence-electron chi connectivity index (χ3n) is 4.29. The standard InChI is InChI=1S/C17H18N6O/c1-12-5-7-22(9-12)16-8-13(4-6-18-16)17(24)21-14-2-3-15-19-11-20-23(15)10-14/h2-4,6,8,10-12H,5,7,9H2,1H3,(H,21,24). The molecule has 0 aliphatic carbocycles. The van der Waals surface area contributed by atoms with Crippen molar-refractivity contribution in [1.29, 1.82) is 0 Å². The largest absolute Gasteiger partial charge is 0.356 e. The fraction of sp³-hybridized carbons (Fsp3) is 0.294. The summed E-state index contributed by atoms with van der Waals surface area (Å²) in [6.07, 6.45) is 6.07. The summed E-state index contributed by atoms with van der Waals surface area (Å²) in [6, 6.07) is 7.20. The molecule has 1 amide bonds. The van der Waals surface area contributed by atoms with Crippen LogP contribution in [0.25, 0.3) is 5.65 Å². The van der Waals surface area contributed by atoms with Gasteiger partial charge in [-0.25, -0.2) is 14.5 Å². The summed E-state index contributed by atoms with van der Waals surface area (Å²) >= 11 is 0. The fourth-order valence-corrected chi connectivity index (χ4v) is 2.97. The van der Waals surface area contributed by atoms with Gasteiger partial charge in [-0.15, -0.1) is 0 Å². The average Bonchev–Trinajstić information content (AvgIpc) is 3.23. The van der Waals surface area contributed by atoms with Crippen LogP contribution in [0.1, 0.15) is 23.7 Å². The van der Waals surface area contributed by atoms with Gasteiger partial charge >= 0.3 is 0 Å². The van der Waals surface area contributed by atoms with Crippen LogP contribution < -0.4 is 10.2 Å². The molecule has 0 aromatic carbocycles. The Labute approximate surface area is 139 Å². The van der Waals surface area contributed by atoms with Crippen LogP contribution in [0.2, 0.25) is 0 Å². The second kappa shape index (κ2) is 5.92. The van der Waals surface area contributed by atoms with Gasteiger partial charge in [-0.2, -0.15) is 5.10 Å². The van der Waals surface area contributed by atoms with Gasteiger partial charge < -0.3 is 10.2 Å². The highest BCUT2D eigenvalue weighted by atomic mass is 16.1. The first-order valence-electron chi connectivity index (χ1n) is 8.01. The van der Waals surface area contributed by atoms with Crippen LogP contribution in [0.3, 0.4) is 0 Å². The lowest BCUT2D eigenvalue weighted by Crippen LogP contribution is -2.21. The first-order valence-corrected chi connectivity index (χ1v) is 8.01. The van der Waals surface area contributed by atoms with Gasteiger partial charge in [0.2, 0.25) is 0 Å². The maximum absolute atomic E-state index is 12.5. The third kappa shape index (κ3) is 2.80. The molecule has 1 aliphatic heterocycles. The Bertz CT molecular complexity index is 889. The number of anilines is 2. The lowest BCUT2D eigenvalue weighted by Gasteiger charge is -2.17. The minimum atomic E-state index is -0.162. The molecule has 122 valence electrons. The van der Waals surface area contributed by atoms with Gasteiger partial charge in [-0.05, 0) is 36.6 Å². The lowest BCUT2D eigenvalue weighted by molar-refractivity contribution is 0.102. The molecule has 1 fully saturated rings. The van der Waals surface area contributed by atoms with Gasteiger partial charge in [-0.1, -0.05) is 6.92 Å². The molecule has 0 radical (unpaired) electrons. The number of rotatable bonds is 3. The van der Waals surface area contributed by atoms with E-state index in [1.807, 2.05) is 18.2 Å². The first-order chi connectivity index (χ1) is 11.7. The van der Waals surface area contributed by atoms with Crippen LogP contribution in [0, 0.1) is 5.92 Å². The summed E-state index contributed by atoms with van der Waals surface area (Å²) in [5.41, 5.74) is 2.01. The Morgan fingerprint density at radius 3 is 3.04 bits per heavy atom. The van der Waals surface area contributed by atoms with E-state index < -0.39 is 0 Å². The van der Waals surface area contributed by atoms with Crippen molar-refractivity contribution in [2.75, 3.05) is 23.3 Å². The SMILES string of the molecule is CC1CCN(c2cc(C(=O)Nc3ccc4ncnn4c3)ccn2)C1. The number of nitrogens with one attached hydrogen (secondary N) is 1. The monoisotopic (exact) mass is 322 g/mol. The van der Waals surface area contributed by atoms with Crippen LogP contribution >= 0.6 is 0 Å². The number of hydrogen-bond donors (Lipinski definition) is 1. The summed E-state index contributed by atoms with van der Waals surface area (Å²) < 4.78 is 1.62. The van der Waals surface area contributed by atoms with E-state index in [4.69, 9.17) is 0 Å². The van der Waals surface area contributed by atoms with Crippen LogP contribution in [0.15, 0.2) is 43.0 Å². The number of amides is 1. The van der Waals surface area contributed by atoms with E-state index in [-0.39, 0.29) is 5.91 Å². The molecule has 4 rings (SSSR count). The zero-order valence-electron chi connectivity index (χ0n) is 13.4. The number of hydrogen-bond acceptors (Lipinski definition) is 5. The summed E-state index contributed by atoms with van der Waals surface area (Å²) in [4.78, 5) is 23.2. The molecule has 0 spiro atoms. The molecule has 1 saturated heterocycles. The van der Waals surface area contributed by atoms with Crippen molar-refractivity contribution in [1.82, 2.24) is 19.6 Å². The van der Waals surface area contributed by atoms with E-state index in [0.717, 1.165) is 31.0 Å². The van der Waals surface area contributed by atoms with Crippen molar-refractivity contribution in [3.63, 3.8) is 0 Å². The number of nitrogens with zero attached hydrogens (tertiary/aromatic N) is 5. The molecule has 1 N–H and O–H groups in total. The van der Waals surface area contributed by atoms with E-state index >= 15 is 0 Å². The van der Waals surface area contributed by atoms with Crippen LogP contribution in [-0.2, 0) is 0 Å². The molecule has 0 bridgehead atoms. The van der Waals surface area contributed by atoms with E-state index in [1.165, 1.54) is 6.33 Å². The number of pyridine rings is 2. The van der Waals surface area contributed by atoms with E-state index in [9.17, 15) is 4.79 Å². The second-order valence-electron chi connectivity index (χ2n) is 6.18. The van der Waals surface area contributed by atoms with Gasteiger partial charge in [0.25, 0.3) is 5.91 Å². The van der Waals surface area contributed by atoms with Gasteiger partial charge in [-0.3, -0.25) is 4.79 Å². The predicted octanol–water partition coefficient (Wildman–Crippen LogP) is 2.22. The minimum Gasteiger partial charge on any atom is -0.356 e. The number of fused-ring (bicyclic) bond motifs is 1. The van der Waals surface area contributed by atoms with Gasteiger partial charge in [0.15, 0.2) is 5.65 Å². The molecule has 24 heavy (non-hydrogen) atoms. The van der Waals surface area contributed by atoms with E-state index in [1.54, 1.807) is 23.0 Å². The summed E-state index contributed by atoms with van der Waals surface area (Å²) in [5, 5.41) is 6.96. The van der Waals surface area contributed by atoms with Gasteiger partial charge in [0.05, 0.1) is 11.9 Å². The normalized spacial score (nSPS) is 17.4. The molecule has 7 nitrogen and oxygen atoms in total. The summed E-state index contributed by atoms with van der Waals surface area (Å²) in [7, 11) is 0. The van der Waals surface area contributed by atoms with Crippen LogP contribution in [0.4, 0.5) is 11.5 Å². The average molecular weight is 322 g/mol. The number of carbonyl (C=O) groups is 1. The van der Waals surface area contributed by atoms with Gasteiger partial charge in [0.1, 0.15) is 12.1 Å². The maximum Gasteiger partial charge on any atom is 0.255 e. The molecular weight excluding hydrogens is 304 g/mol. The van der Waals surface area contributed by atoms with Crippen molar-refractivity contribution < 1.29 is 4.79 Å². The van der Waals surface area contributed by atoms with Crippen molar-refractivity contribution in [3.8, 4) is 0 Å². The van der Waals surface area contributed by atoms with Crippen molar-refractivity contribution in [3.05, 3.63) is 48.5 Å². The number of aromatic nitrogens is 4. The Morgan fingerprint density at radius 1 is 1.29 bits per heavy atom. The Morgan fingerprint density at radius 2 is 2.21 bits per heavy atom. The molecule has 1 aliphatic rings. The van der Waals surface area contributed by atoms with E-state index in [2.05, 4.69) is 32.2 Å². The summed E-state index contributed by atoms with van der Waals surface area (Å²) in [6.45, 7) is 4.21. The smallest absolute Gasteiger partial charge is 0.255 e. The number of carbonyl (C=O) groups excluding carboxylic acids is 1. The molecule has 3 aromatic rings. The van der Waals surface area contributed by atoms with Crippen molar-refractivity contribution in [2.24, 2.45) is 5.92 Å². The predicted molar refractivity (Wildman–Crippen MR) is 91.2 cm³/mol. The van der Waals surface area contributed by atoms with Gasteiger partial charge in [0, 0.05) is 24.8 Å². The second-order valence-corrected chi connectivity index (χ2v) is 6.18. The zero-order valence-corrected chi connectivity index (χ0v) is 13.4. The van der Waals surface area contributed by atoms with E-state index in [0.29, 0.717) is 17.2 Å². The summed E-state index contributed by atoms with van der Waals surface area (Å²) in [5.74, 6) is 1.36. The molecule has 4 heterocycles. The molecule has 1 atom stereocenters. The van der Waals surface area contributed by atoms with Crippen LogP contribution in [0.5, 0.6) is 0 Å². The highest BCUT2D eigenvalue weighted by Crippen LogP contribution is 2.22. The first kappa shape index (κ1) is 14.6. The van der Waals surface area contributed by atoms with Crippen LogP contribution in [-0.4, -0.2) is 38.6 Å². The maximum atomic E-state index is 12.5. The topological polar surface area (TPSA) is 75.4 Å². The highest BCUT2D eigenvalue weighted by Gasteiger charge is 2.20. The molecular formula is C17H18N6O. The molecule has 0 saturated carbocycles. The Balaban J connectivity index is 1.53. The third-order valence-corrected chi connectivity index (χ3v) is 4.29. The Kier molecular flexibility index (Phi) is 3.60. The van der Waals surface area contributed by atoms with Crippen molar-refractivity contribution in [2.45, 2.75) is 13.3 Å². The zero-order chi connectivity index (χ0) is 16.5. The fourth-order valence-electron chi connectivity index (χ4n) is 2.97. The molecule has 3 aromatic heterocycles. The highest BCUT2D eigenvalue weighted by molar-refractivity contribution is 6.04. The van der Waals surface area contributed by atoms with Crippen molar-refractivity contribution >= 4 is 23.1 Å². The molecule has 7 heteroatoms. The minimum absolute atomic E-state index is 0.162. The lowest BCUT2D eigenvalue weighted by atomic mass is 10.2. The quantitative estimate of drug-likeness (QED) is 0.800. The Hall–Kier alpha value is -2.96.